The third kappa shape index (κ3) is 4.29. The molecule has 6 heteroatoms. The van der Waals surface area contributed by atoms with Crippen LogP contribution in [0.2, 0.25) is 0 Å². The number of hydrogen-bond donors (Lipinski definition) is 2. The van der Waals surface area contributed by atoms with E-state index in [4.69, 9.17) is 5.73 Å². The molecule has 100 valence electrons. The molecule has 0 saturated heterocycles. The lowest BCUT2D eigenvalue weighted by Crippen LogP contribution is -2.35. The molecular weight excluding hydrogens is 230 g/mol. The number of anilines is 1. The van der Waals surface area contributed by atoms with E-state index in [9.17, 15) is 4.79 Å². The molecule has 0 aliphatic carbocycles. The van der Waals surface area contributed by atoms with E-state index in [-0.39, 0.29) is 11.7 Å². The Hall–Kier alpha value is -1.69. The van der Waals surface area contributed by atoms with Crippen molar-refractivity contribution in [2.24, 2.45) is 5.73 Å². The van der Waals surface area contributed by atoms with Crippen LogP contribution in [0.3, 0.4) is 0 Å². The van der Waals surface area contributed by atoms with E-state index in [0.29, 0.717) is 5.82 Å². The lowest BCUT2D eigenvalue weighted by molar-refractivity contribution is 0.0994. The van der Waals surface area contributed by atoms with Gasteiger partial charge in [-0.25, -0.2) is 0 Å². The molecule has 0 aliphatic rings. The monoisotopic (exact) mass is 251 g/mol. The van der Waals surface area contributed by atoms with Crippen LogP contribution in [0, 0.1) is 0 Å². The SMILES string of the molecule is CCN(CC)CC(C)Nc1ccc(C(N)=O)nn1. The zero-order chi connectivity index (χ0) is 13.5. The molecule has 0 radical (unpaired) electrons. The first kappa shape index (κ1) is 14.4. The van der Waals surface area contributed by atoms with Crippen molar-refractivity contribution in [3.05, 3.63) is 17.8 Å². The van der Waals surface area contributed by atoms with Crippen LogP contribution in [0.25, 0.3) is 0 Å². The number of rotatable bonds is 7. The molecule has 18 heavy (non-hydrogen) atoms. The molecule has 1 rings (SSSR count). The number of nitrogens with two attached hydrogens (primary N) is 1. The molecule has 1 aromatic rings. The Balaban J connectivity index is 2.53. The highest BCUT2D eigenvalue weighted by Gasteiger charge is 2.08. The molecule has 6 nitrogen and oxygen atoms in total. The van der Waals surface area contributed by atoms with Gasteiger partial charge >= 0.3 is 0 Å². The minimum Gasteiger partial charge on any atom is -0.365 e. The van der Waals surface area contributed by atoms with Crippen molar-refractivity contribution >= 4 is 11.7 Å². The first-order valence-electron chi connectivity index (χ1n) is 6.19. The van der Waals surface area contributed by atoms with Crippen LogP contribution in [0.4, 0.5) is 5.82 Å². The molecule has 0 aromatic carbocycles. The Morgan fingerprint density at radius 2 is 2.06 bits per heavy atom. The van der Waals surface area contributed by atoms with Crippen LogP contribution in [-0.4, -0.2) is 46.7 Å². The highest BCUT2D eigenvalue weighted by atomic mass is 16.1. The lowest BCUT2D eigenvalue weighted by atomic mass is 10.3. The molecule has 1 heterocycles. The van der Waals surface area contributed by atoms with E-state index < -0.39 is 5.91 Å². The van der Waals surface area contributed by atoms with Crippen LogP contribution < -0.4 is 11.1 Å². The largest absolute Gasteiger partial charge is 0.365 e. The summed E-state index contributed by atoms with van der Waals surface area (Å²) < 4.78 is 0. The van der Waals surface area contributed by atoms with Gasteiger partial charge < -0.3 is 16.0 Å². The van der Waals surface area contributed by atoms with Crippen LogP contribution >= 0.6 is 0 Å². The van der Waals surface area contributed by atoms with Gasteiger partial charge in [0.2, 0.25) is 0 Å². The van der Waals surface area contributed by atoms with E-state index in [0.717, 1.165) is 19.6 Å². The molecule has 1 unspecified atom stereocenters. The first-order chi connectivity index (χ1) is 8.56. The fourth-order valence-corrected chi connectivity index (χ4v) is 1.71. The predicted octanol–water partition coefficient (Wildman–Crippen LogP) is 0.718. The second-order valence-electron chi connectivity index (χ2n) is 4.20. The van der Waals surface area contributed by atoms with Gasteiger partial charge in [0.15, 0.2) is 5.69 Å². The fraction of sp³-hybridized carbons (Fsp3) is 0.583. The van der Waals surface area contributed by atoms with Crippen molar-refractivity contribution in [3.8, 4) is 0 Å². The van der Waals surface area contributed by atoms with Gasteiger partial charge in [0.1, 0.15) is 5.82 Å². The van der Waals surface area contributed by atoms with Gasteiger partial charge in [-0.15, -0.1) is 10.2 Å². The van der Waals surface area contributed by atoms with Gasteiger partial charge in [-0.1, -0.05) is 13.8 Å². The summed E-state index contributed by atoms with van der Waals surface area (Å²) in [7, 11) is 0. The van der Waals surface area contributed by atoms with Crippen LogP contribution in [0.5, 0.6) is 0 Å². The Morgan fingerprint density at radius 1 is 1.39 bits per heavy atom. The summed E-state index contributed by atoms with van der Waals surface area (Å²) >= 11 is 0. The molecule has 0 saturated carbocycles. The van der Waals surface area contributed by atoms with Crippen molar-refractivity contribution in [1.82, 2.24) is 15.1 Å². The van der Waals surface area contributed by atoms with Gasteiger partial charge in [-0.3, -0.25) is 4.79 Å². The number of nitrogens with one attached hydrogen (secondary N) is 1. The minimum absolute atomic E-state index is 0.178. The summed E-state index contributed by atoms with van der Waals surface area (Å²) in [6.07, 6.45) is 0. The van der Waals surface area contributed by atoms with Gasteiger partial charge in [-0.05, 0) is 32.1 Å². The van der Waals surface area contributed by atoms with Crippen molar-refractivity contribution in [2.75, 3.05) is 25.0 Å². The smallest absolute Gasteiger partial charge is 0.269 e. The highest BCUT2D eigenvalue weighted by Crippen LogP contribution is 2.04. The average Bonchev–Trinajstić information content (AvgIpc) is 2.36. The number of likely N-dealkylation sites (N-methyl/N-ethyl adjacent to an activating group) is 1. The zero-order valence-electron chi connectivity index (χ0n) is 11.2. The van der Waals surface area contributed by atoms with Crippen LogP contribution in [-0.2, 0) is 0 Å². The maximum Gasteiger partial charge on any atom is 0.269 e. The summed E-state index contributed by atoms with van der Waals surface area (Å²) in [6, 6.07) is 3.55. The van der Waals surface area contributed by atoms with Gasteiger partial charge in [0.25, 0.3) is 5.91 Å². The summed E-state index contributed by atoms with van der Waals surface area (Å²) in [5.41, 5.74) is 5.28. The maximum absolute atomic E-state index is 10.9. The Kier molecular flexibility index (Phi) is 5.51. The number of nitrogens with zero attached hydrogens (tertiary/aromatic N) is 3. The second kappa shape index (κ2) is 6.90. The molecule has 0 aliphatic heterocycles. The quantitative estimate of drug-likeness (QED) is 0.746. The first-order valence-corrected chi connectivity index (χ1v) is 6.19. The molecule has 1 atom stereocenters. The van der Waals surface area contributed by atoms with Crippen LogP contribution in [0.15, 0.2) is 12.1 Å². The van der Waals surface area contributed by atoms with Crippen molar-refractivity contribution < 1.29 is 4.79 Å². The number of carbonyl (C=O) groups is 1. The van der Waals surface area contributed by atoms with Crippen molar-refractivity contribution in [1.29, 1.82) is 0 Å². The summed E-state index contributed by atoms with van der Waals surface area (Å²) in [6.45, 7) is 9.34. The average molecular weight is 251 g/mol. The third-order valence-electron chi connectivity index (χ3n) is 2.74. The van der Waals surface area contributed by atoms with Gasteiger partial charge in [0.05, 0.1) is 0 Å². The lowest BCUT2D eigenvalue weighted by Gasteiger charge is -2.23. The Bertz CT molecular complexity index is 375. The van der Waals surface area contributed by atoms with Crippen molar-refractivity contribution in [2.45, 2.75) is 26.8 Å². The van der Waals surface area contributed by atoms with E-state index in [1.54, 1.807) is 12.1 Å². The number of hydrogen-bond acceptors (Lipinski definition) is 5. The van der Waals surface area contributed by atoms with E-state index in [1.165, 1.54) is 0 Å². The summed E-state index contributed by atoms with van der Waals surface area (Å²) in [5.74, 6) is 0.0879. The normalized spacial score (nSPS) is 12.4. The molecule has 0 spiro atoms. The molecule has 3 N–H and O–H groups in total. The molecule has 0 fully saturated rings. The third-order valence-corrected chi connectivity index (χ3v) is 2.74. The Labute approximate surface area is 108 Å². The van der Waals surface area contributed by atoms with Gasteiger partial charge in [0, 0.05) is 12.6 Å². The maximum atomic E-state index is 10.9. The fourth-order valence-electron chi connectivity index (χ4n) is 1.71. The van der Waals surface area contributed by atoms with E-state index in [2.05, 4.69) is 41.2 Å². The number of carbonyl (C=O) groups excluding carboxylic acids is 1. The summed E-state index contributed by atoms with van der Waals surface area (Å²) in [4.78, 5) is 13.2. The van der Waals surface area contributed by atoms with Crippen molar-refractivity contribution in [3.63, 3.8) is 0 Å². The minimum atomic E-state index is -0.565. The van der Waals surface area contributed by atoms with E-state index in [1.807, 2.05) is 0 Å². The topological polar surface area (TPSA) is 84.1 Å². The standard InChI is InChI=1S/C12H21N5O/c1-4-17(5-2)8-9(3)14-11-7-6-10(12(13)18)15-16-11/h6-7,9H,4-5,8H2,1-3H3,(H2,13,18)(H,14,16). The highest BCUT2D eigenvalue weighted by molar-refractivity contribution is 5.90. The summed E-state index contributed by atoms with van der Waals surface area (Å²) in [5, 5.41) is 10.9. The molecule has 0 bridgehead atoms. The Morgan fingerprint density at radius 3 is 2.50 bits per heavy atom. The molecule has 1 amide bonds. The molecular formula is C12H21N5O. The van der Waals surface area contributed by atoms with E-state index >= 15 is 0 Å². The second-order valence-corrected chi connectivity index (χ2v) is 4.20. The molecule has 1 aromatic heterocycles. The predicted molar refractivity (Wildman–Crippen MR) is 71.4 cm³/mol. The number of amides is 1. The zero-order valence-corrected chi connectivity index (χ0v) is 11.2. The van der Waals surface area contributed by atoms with Crippen LogP contribution in [0.1, 0.15) is 31.3 Å². The van der Waals surface area contributed by atoms with Gasteiger partial charge in [-0.2, -0.15) is 0 Å². The number of aromatic nitrogens is 2. The number of primary amides is 1.